The fourth-order valence-corrected chi connectivity index (χ4v) is 4.11. The molecule has 1 saturated carbocycles. The summed E-state index contributed by atoms with van der Waals surface area (Å²) in [5.41, 5.74) is 1.78. The fourth-order valence-electron chi connectivity index (χ4n) is 4.11. The second kappa shape index (κ2) is 7.00. The molecule has 128 valence electrons. The number of hydrogen-bond donors (Lipinski definition) is 3. The van der Waals surface area contributed by atoms with E-state index < -0.39 is 0 Å². The molecule has 0 radical (unpaired) electrons. The van der Waals surface area contributed by atoms with E-state index in [1.165, 1.54) is 6.20 Å². The van der Waals surface area contributed by atoms with Crippen molar-refractivity contribution in [2.24, 2.45) is 17.8 Å². The molecule has 2 heterocycles. The molecule has 1 fully saturated rings. The number of nitriles is 1. The van der Waals surface area contributed by atoms with Gasteiger partial charge in [-0.3, -0.25) is 15.4 Å². The van der Waals surface area contributed by atoms with Gasteiger partial charge in [-0.2, -0.15) is 5.26 Å². The number of H-pyrrole nitrogens is 1. The number of hydrogen-bond acceptors (Lipinski definition) is 4. The summed E-state index contributed by atoms with van der Waals surface area (Å²) in [6, 6.07) is 4.10. The monoisotopic (exact) mass is 326 g/mol. The van der Waals surface area contributed by atoms with Crippen LogP contribution in [-0.2, 0) is 0 Å². The highest BCUT2D eigenvalue weighted by Gasteiger charge is 2.36. The molecule has 6 nitrogen and oxygen atoms in total. The Morgan fingerprint density at radius 2 is 2.38 bits per heavy atom. The van der Waals surface area contributed by atoms with Crippen molar-refractivity contribution in [2.45, 2.75) is 45.4 Å². The smallest absolute Gasteiger partial charge is 0.154 e. The molecule has 1 aliphatic carbocycles. The number of fused-ring (bicyclic) bond motifs is 1. The van der Waals surface area contributed by atoms with Gasteiger partial charge in [-0.05, 0) is 43.6 Å². The average Bonchev–Trinajstić information content (AvgIpc) is 3.20. The summed E-state index contributed by atoms with van der Waals surface area (Å²) in [6.45, 7) is 2.19. The van der Waals surface area contributed by atoms with E-state index in [0.29, 0.717) is 29.7 Å². The summed E-state index contributed by atoms with van der Waals surface area (Å²) in [7, 11) is 0. The van der Waals surface area contributed by atoms with E-state index in [0.717, 1.165) is 37.6 Å². The second-order valence-electron chi connectivity index (χ2n) is 6.74. The molecule has 3 atom stereocenters. The first-order valence-electron chi connectivity index (χ1n) is 8.71. The van der Waals surface area contributed by atoms with Crippen LogP contribution < -0.4 is 5.49 Å². The Morgan fingerprint density at radius 1 is 1.54 bits per heavy atom. The maximum atomic E-state index is 8.77. The Bertz CT molecular complexity index is 830. The standard InChI is InChI=1S/C18H24N6.H2/c1-2-13-9-12(5-3-4-7-19)10-14(13)17(21)24-15-6-8-22-18(15)23-11-16(24)20;/h6,8,11-14,20-22H,2-5,9-10H2,1H3;1H/t12-,13-,14+;/m1./s1. The van der Waals surface area contributed by atoms with Gasteiger partial charge in [0.2, 0.25) is 0 Å². The third-order valence-corrected chi connectivity index (χ3v) is 5.31. The first-order valence-corrected chi connectivity index (χ1v) is 8.71. The molecule has 3 rings (SSSR count). The summed E-state index contributed by atoms with van der Waals surface area (Å²) >= 11 is 0. The van der Waals surface area contributed by atoms with E-state index >= 15 is 0 Å². The molecule has 0 aromatic carbocycles. The van der Waals surface area contributed by atoms with Crippen molar-refractivity contribution in [3.05, 3.63) is 23.9 Å². The summed E-state index contributed by atoms with van der Waals surface area (Å²) < 4.78 is 1.73. The molecule has 0 saturated heterocycles. The van der Waals surface area contributed by atoms with Gasteiger partial charge in [0, 0.05) is 20.0 Å². The highest BCUT2D eigenvalue weighted by Crippen LogP contribution is 2.41. The fraction of sp³-hybridized carbons (Fsp3) is 0.556. The molecule has 3 N–H and O–H groups in total. The zero-order chi connectivity index (χ0) is 17.1. The lowest BCUT2D eigenvalue weighted by Gasteiger charge is -2.21. The summed E-state index contributed by atoms with van der Waals surface area (Å²) in [5, 5.41) is 25.7. The van der Waals surface area contributed by atoms with Gasteiger partial charge in [-0.1, -0.05) is 13.3 Å². The minimum Gasteiger partial charge on any atom is -0.345 e. The third kappa shape index (κ3) is 2.99. The highest BCUT2D eigenvalue weighted by atomic mass is 15.1. The third-order valence-electron chi connectivity index (χ3n) is 5.31. The normalized spacial score (nSPS) is 23.4. The van der Waals surface area contributed by atoms with Gasteiger partial charge in [0.05, 0.1) is 17.8 Å². The van der Waals surface area contributed by atoms with E-state index in [-0.39, 0.29) is 12.8 Å². The van der Waals surface area contributed by atoms with Crippen LogP contribution in [0, 0.1) is 39.9 Å². The molecule has 6 heteroatoms. The molecule has 24 heavy (non-hydrogen) atoms. The average molecular weight is 326 g/mol. The Kier molecular flexibility index (Phi) is 4.79. The molecule has 0 bridgehead atoms. The summed E-state index contributed by atoms with van der Waals surface area (Å²) in [5.74, 6) is 1.77. The van der Waals surface area contributed by atoms with Gasteiger partial charge >= 0.3 is 0 Å². The van der Waals surface area contributed by atoms with Crippen LogP contribution in [0.3, 0.4) is 0 Å². The van der Waals surface area contributed by atoms with Crippen molar-refractivity contribution in [3.8, 4) is 6.07 Å². The van der Waals surface area contributed by atoms with Crippen molar-refractivity contribution in [3.63, 3.8) is 0 Å². The number of nitrogens with one attached hydrogen (secondary N) is 3. The maximum Gasteiger partial charge on any atom is 0.154 e. The quantitative estimate of drug-likeness (QED) is 0.443. The minimum absolute atomic E-state index is 0. The Hall–Kier alpha value is -2.42. The van der Waals surface area contributed by atoms with Crippen LogP contribution in [0.15, 0.2) is 18.5 Å². The van der Waals surface area contributed by atoms with Crippen LogP contribution in [0.5, 0.6) is 0 Å². The molecule has 0 amide bonds. The number of aromatic nitrogens is 3. The predicted molar refractivity (Wildman–Crippen MR) is 94.6 cm³/mol. The van der Waals surface area contributed by atoms with Gasteiger partial charge in [0.25, 0.3) is 0 Å². The molecule has 0 unspecified atom stereocenters. The molecule has 2 aromatic heterocycles. The Balaban J connectivity index is 0.00000225. The number of aromatic amines is 1. The lowest BCUT2D eigenvalue weighted by atomic mass is 9.92. The van der Waals surface area contributed by atoms with E-state index in [1.807, 2.05) is 6.07 Å². The first kappa shape index (κ1) is 16.4. The van der Waals surface area contributed by atoms with Crippen molar-refractivity contribution in [2.75, 3.05) is 0 Å². The zero-order valence-corrected chi connectivity index (χ0v) is 14.0. The molecule has 0 spiro atoms. The maximum absolute atomic E-state index is 8.77. The number of unbranched alkanes of at least 4 members (excludes halogenated alkanes) is 1. The van der Waals surface area contributed by atoms with E-state index in [1.54, 1.807) is 10.8 Å². The van der Waals surface area contributed by atoms with Crippen LogP contribution in [-0.4, -0.2) is 20.4 Å². The predicted octanol–water partition coefficient (Wildman–Crippen LogP) is 3.66. The lowest BCUT2D eigenvalue weighted by Crippen LogP contribution is -2.33. The van der Waals surface area contributed by atoms with Gasteiger partial charge in [-0.25, -0.2) is 4.98 Å². The first-order chi connectivity index (χ1) is 11.7. The van der Waals surface area contributed by atoms with Crippen molar-refractivity contribution in [1.29, 1.82) is 16.1 Å². The van der Waals surface area contributed by atoms with Gasteiger partial charge in [0.15, 0.2) is 5.65 Å². The van der Waals surface area contributed by atoms with E-state index in [9.17, 15) is 0 Å². The molecule has 0 aliphatic heterocycles. The lowest BCUT2D eigenvalue weighted by molar-refractivity contribution is 0.437. The largest absolute Gasteiger partial charge is 0.345 e. The highest BCUT2D eigenvalue weighted by molar-refractivity contribution is 5.91. The Labute approximate surface area is 143 Å². The minimum atomic E-state index is 0. The molecular weight excluding hydrogens is 300 g/mol. The van der Waals surface area contributed by atoms with Crippen molar-refractivity contribution in [1.82, 2.24) is 14.5 Å². The number of rotatable bonds is 5. The number of nitrogens with zero attached hydrogens (tertiary/aromatic N) is 3. The SMILES string of the molecule is CC[C@@H]1C[C@@H](CCCC#N)C[C@@H]1C(=N)n1c(=N)cnc2[nH]ccc21.[HH]. The van der Waals surface area contributed by atoms with Gasteiger partial charge in [-0.15, -0.1) is 0 Å². The molecular formula is C18H26N6. The zero-order valence-electron chi connectivity index (χ0n) is 14.0. The van der Waals surface area contributed by atoms with Crippen molar-refractivity contribution < 1.29 is 1.43 Å². The topological polar surface area (TPSA) is 105 Å². The second-order valence-corrected chi connectivity index (χ2v) is 6.74. The van der Waals surface area contributed by atoms with Crippen LogP contribution in [0.1, 0.15) is 46.9 Å². The van der Waals surface area contributed by atoms with Crippen LogP contribution in [0.25, 0.3) is 11.2 Å². The molecule has 1 aliphatic rings. The van der Waals surface area contributed by atoms with Crippen LogP contribution in [0.4, 0.5) is 0 Å². The van der Waals surface area contributed by atoms with E-state index in [4.69, 9.17) is 16.1 Å². The van der Waals surface area contributed by atoms with Gasteiger partial charge in [0.1, 0.15) is 11.3 Å². The van der Waals surface area contributed by atoms with Crippen LogP contribution >= 0.6 is 0 Å². The van der Waals surface area contributed by atoms with Crippen molar-refractivity contribution >= 4 is 17.0 Å². The summed E-state index contributed by atoms with van der Waals surface area (Å²) in [6.07, 6.45) is 9.12. The Morgan fingerprint density at radius 3 is 3.12 bits per heavy atom. The summed E-state index contributed by atoms with van der Waals surface area (Å²) in [4.78, 5) is 7.28. The molecule has 2 aromatic rings. The van der Waals surface area contributed by atoms with Crippen LogP contribution in [0.2, 0.25) is 0 Å². The van der Waals surface area contributed by atoms with Gasteiger partial charge < -0.3 is 4.98 Å². The van der Waals surface area contributed by atoms with E-state index in [2.05, 4.69) is 23.0 Å².